The summed E-state index contributed by atoms with van der Waals surface area (Å²) in [5.41, 5.74) is 8.09. The molecule has 0 aliphatic carbocycles. The third kappa shape index (κ3) is 4.30. The Bertz CT molecular complexity index is 632. The van der Waals surface area contributed by atoms with Crippen LogP contribution in [0.25, 0.3) is 0 Å². The molecule has 2 aromatic heterocycles. The summed E-state index contributed by atoms with van der Waals surface area (Å²) >= 11 is 1.41. The minimum Gasteiger partial charge on any atom is -0.375 e. The summed E-state index contributed by atoms with van der Waals surface area (Å²) in [6.45, 7) is 7.50. The molecule has 0 saturated heterocycles. The monoisotopic (exact) mass is 321 g/mol. The fourth-order valence-corrected chi connectivity index (χ4v) is 2.84. The van der Waals surface area contributed by atoms with Crippen molar-refractivity contribution in [2.45, 2.75) is 40.2 Å². The Labute approximate surface area is 134 Å². The van der Waals surface area contributed by atoms with Crippen LogP contribution in [0, 0.1) is 5.92 Å². The van der Waals surface area contributed by atoms with Crippen LogP contribution in [0.3, 0.4) is 0 Å². The SMILES string of the molecule is CCn1nc(CC(C)C)cc1C(=O)NCCc1csc(N)n1. The highest BCUT2D eigenvalue weighted by Crippen LogP contribution is 2.12. The molecular weight excluding hydrogens is 298 g/mol. The summed E-state index contributed by atoms with van der Waals surface area (Å²) in [6, 6.07) is 1.89. The normalized spacial score (nSPS) is 11.1. The molecule has 0 aliphatic heterocycles. The summed E-state index contributed by atoms with van der Waals surface area (Å²) in [7, 11) is 0. The van der Waals surface area contributed by atoms with Gasteiger partial charge in [-0.1, -0.05) is 13.8 Å². The number of nitrogen functional groups attached to an aromatic ring is 1. The average Bonchev–Trinajstić information content (AvgIpc) is 3.04. The van der Waals surface area contributed by atoms with E-state index in [4.69, 9.17) is 5.73 Å². The predicted molar refractivity (Wildman–Crippen MR) is 89.0 cm³/mol. The van der Waals surface area contributed by atoms with Gasteiger partial charge in [0.15, 0.2) is 5.13 Å². The fourth-order valence-electron chi connectivity index (χ4n) is 2.24. The summed E-state index contributed by atoms with van der Waals surface area (Å²) in [5, 5.41) is 9.88. The zero-order chi connectivity index (χ0) is 16.1. The molecule has 7 heteroatoms. The van der Waals surface area contributed by atoms with E-state index in [0.29, 0.717) is 36.3 Å². The number of nitrogens with zero attached hydrogens (tertiary/aromatic N) is 3. The van der Waals surface area contributed by atoms with Gasteiger partial charge in [-0.25, -0.2) is 4.98 Å². The van der Waals surface area contributed by atoms with E-state index in [1.165, 1.54) is 11.3 Å². The molecule has 2 rings (SSSR count). The minimum atomic E-state index is -0.0902. The first kappa shape index (κ1) is 16.5. The number of rotatable bonds is 7. The Morgan fingerprint density at radius 2 is 2.23 bits per heavy atom. The van der Waals surface area contributed by atoms with Crippen molar-refractivity contribution in [1.82, 2.24) is 20.1 Å². The molecule has 0 atom stereocenters. The molecule has 2 heterocycles. The molecule has 0 spiro atoms. The number of nitrogens with two attached hydrogens (primary N) is 1. The third-order valence-electron chi connectivity index (χ3n) is 3.22. The van der Waals surface area contributed by atoms with Crippen molar-refractivity contribution >= 4 is 22.4 Å². The van der Waals surface area contributed by atoms with E-state index in [2.05, 4.69) is 29.2 Å². The number of aryl methyl sites for hydroxylation is 1. The largest absolute Gasteiger partial charge is 0.375 e. The van der Waals surface area contributed by atoms with Crippen LogP contribution in [0.4, 0.5) is 5.13 Å². The molecule has 0 aromatic carbocycles. The smallest absolute Gasteiger partial charge is 0.269 e. The van der Waals surface area contributed by atoms with Crippen molar-refractivity contribution in [3.05, 3.63) is 28.5 Å². The van der Waals surface area contributed by atoms with Crippen molar-refractivity contribution in [3.63, 3.8) is 0 Å². The van der Waals surface area contributed by atoms with E-state index in [9.17, 15) is 4.79 Å². The van der Waals surface area contributed by atoms with Crippen molar-refractivity contribution in [2.75, 3.05) is 12.3 Å². The van der Waals surface area contributed by atoms with Crippen molar-refractivity contribution in [3.8, 4) is 0 Å². The van der Waals surface area contributed by atoms with Gasteiger partial charge >= 0.3 is 0 Å². The van der Waals surface area contributed by atoms with Gasteiger partial charge in [-0.3, -0.25) is 9.48 Å². The number of hydrogen-bond donors (Lipinski definition) is 2. The van der Waals surface area contributed by atoms with E-state index in [1.54, 1.807) is 4.68 Å². The number of thiazole rings is 1. The van der Waals surface area contributed by atoms with Crippen LogP contribution < -0.4 is 11.1 Å². The molecule has 120 valence electrons. The van der Waals surface area contributed by atoms with Gasteiger partial charge < -0.3 is 11.1 Å². The first-order chi connectivity index (χ1) is 10.5. The minimum absolute atomic E-state index is 0.0902. The molecule has 3 N–H and O–H groups in total. The zero-order valence-electron chi connectivity index (χ0n) is 13.3. The van der Waals surface area contributed by atoms with Crippen LogP contribution >= 0.6 is 11.3 Å². The van der Waals surface area contributed by atoms with Crippen LogP contribution in [-0.4, -0.2) is 27.2 Å². The molecule has 2 aromatic rings. The molecule has 0 unspecified atom stereocenters. The zero-order valence-corrected chi connectivity index (χ0v) is 14.1. The molecule has 0 fully saturated rings. The number of anilines is 1. The van der Waals surface area contributed by atoms with E-state index < -0.39 is 0 Å². The molecular formula is C15H23N5OS. The lowest BCUT2D eigenvalue weighted by Crippen LogP contribution is -2.28. The molecule has 6 nitrogen and oxygen atoms in total. The topological polar surface area (TPSA) is 85.8 Å². The van der Waals surface area contributed by atoms with Gasteiger partial charge in [-0.2, -0.15) is 5.10 Å². The van der Waals surface area contributed by atoms with Crippen LogP contribution in [0.15, 0.2) is 11.4 Å². The molecule has 22 heavy (non-hydrogen) atoms. The average molecular weight is 321 g/mol. The van der Waals surface area contributed by atoms with E-state index >= 15 is 0 Å². The second-order valence-electron chi connectivity index (χ2n) is 5.62. The van der Waals surface area contributed by atoms with Gasteiger partial charge in [0, 0.05) is 24.9 Å². The summed E-state index contributed by atoms with van der Waals surface area (Å²) in [5.74, 6) is 0.429. The fraction of sp³-hybridized carbons (Fsp3) is 0.533. The molecule has 0 radical (unpaired) electrons. The maximum atomic E-state index is 12.3. The maximum absolute atomic E-state index is 12.3. The third-order valence-corrected chi connectivity index (χ3v) is 3.94. The Kier molecular flexibility index (Phi) is 5.54. The Morgan fingerprint density at radius 3 is 2.82 bits per heavy atom. The van der Waals surface area contributed by atoms with Crippen LogP contribution in [-0.2, 0) is 19.4 Å². The van der Waals surface area contributed by atoms with Gasteiger partial charge in [0.1, 0.15) is 5.69 Å². The second-order valence-corrected chi connectivity index (χ2v) is 6.51. The van der Waals surface area contributed by atoms with Gasteiger partial charge in [0.2, 0.25) is 0 Å². The number of hydrogen-bond acceptors (Lipinski definition) is 5. The standard InChI is InChI=1S/C15H23N5OS/c1-4-20-13(8-12(19-20)7-10(2)3)14(21)17-6-5-11-9-22-15(16)18-11/h8-10H,4-7H2,1-3H3,(H2,16,18)(H,17,21). The number of amides is 1. The highest BCUT2D eigenvalue weighted by atomic mass is 32.1. The lowest BCUT2D eigenvalue weighted by molar-refractivity contribution is 0.0943. The number of carbonyl (C=O) groups is 1. The quantitative estimate of drug-likeness (QED) is 0.818. The van der Waals surface area contributed by atoms with Crippen molar-refractivity contribution < 1.29 is 4.79 Å². The van der Waals surface area contributed by atoms with Gasteiger partial charge in [0.05, 0.1) is 11.4 Å². The van der Waals surface area contributed by atoms with E-state index in [-0.39, 0.29) is 5.91 Å². The molecule has 0 aliphatic rings. The first-order valence-electron chi connectivity index (χ1n) is 7.54. The number of aromatic nitrogens is 3. The van der Waals surface area contributed by atoms with Gasteiger partial charge in [-0.05, 0) is 25.3 Å². The molecule has 0 bridgehead atoms. The summed E-state index contributed by atoms with van der Waals surface area (Å²) < 4.78 is 1.76. The Morgan fingerprint density at radius 1 is 1.45 bits per heavy atom. The lowest BCUT2D eigenvalue weighted by atomic mass is 10.1. The van der Waals surface area contributed by atoms with E-state index in [1.807, 2.05) is 18.4 Å². The molecule has 1 amide bonds. The summed E-state index contributed by atoms with van der Waals surface area (Å²) in [6.07, 6.45) is 1.56. The van der Waals surface area contributed by atoms with Crippen molar-refractivity contribution in [1.29, 1.82) is 0 Å². The van der Waals surface area contributed by atoms with Crippen LogP contribution in [0.5, 0.6) is 0 Å². The summed E-state index contributed by atoms with van der Waals surface area (Å²) in [4.78, 5) is 16.5. The maximum Gasteiger partial charge on any atom is 0.269 e. The van der Waals surface area contributed by atoms with Gasteiger partial charge in [0.25, 0.3) is 5.91 Å². The Hall–Kier alpha value is -1.89. The predicted octanol–water partition coefficient (Wildman–Crippen LogP) is 2.11. The van der Waals surface area contributed by atoms with Crippen LogP contribution in [0.2, 0.25) is 0 Å². The van der Waals surface area contributed by atoms with E-state index in [0.717, 1.165) is 17.8 Å². The number of nitrogens with one attached hydrogen (secondary N) is 1. The number of carbonyl (C=O) groups excluding carboxylic acids is 1. The van der Waals surface area contributed by atoms with Gasteiger partial charge in [-0.15, -0.1) is 11.3 Å². The first-order valence-corrected chi connectivity index (χ1v) is 8.42. The highest BCUT2D eigenvalue weighted by Gasteiger charge is 2.15. The second kappa shape index (κ2) is 7.40. The Balaban J connectivity index is 1.94. The van der Waals surface area contributed by atoms with Crippen molar-refractivity contribution in [2.24, 2.45) is 5.92 Å². The highest BCUT2D eigenvalue weighted by molar-refractivity contribution is 7.13. The van der Waals surface area contributed by atoms with Crippen LogP contribution in [0.1, 0.15) is 42.6 Å². The molecule has 0 saturated carbocycles. The lowest BCUT2D eigenvalue weighted by Gasteiger charge is -2.05.